The number of aromatic nitrogens is 7. The number of hydrogen-bond acceptors (Lipinski definition) is 6. The van der Waals surface area contributed by atoms with E-state index in [0.29, 0.717) is 13.2 Å². The zero-order valence-corrected chi connectivity index (χ0v) is 14.3. The maximum atomic E-state index is 5.57. The molecular weight excluding hydrogens is 332 g/mol. The smallest absolute Gasteiger partial charge is 0.167 e. The van der Waals surface area contributed by atoms with Crippen LogP contribution in [0.2, 0.25) is 0 Å². The molecule has 0 bridgehead atoms. The first-order chi connectivity index (χ1) is 12.8. The molecule has 0 aromatic carbocycles. The molecule has 2 N–H and O–H groups in total. The van der Waals surface area contributed by atoms with Gasteiger partial charge in [-0.25, -0.2) is 9.50 Å². The van der Waals surface area contributed by atoms with Crippen molar-refractivity contribution in [1.29, 1.82) is 0 Å². The van der Waals surface area contributed by atoms with Crippen LogP contribution in [0.5, 0.6) is 0 Å². The highest BCUT2D eigenvalue weighted by Gasteiger charge is 2.23. The maximum absolute atomic E-state index is 5.57. The fraction of sp³-hybridized carbons (Fsp3) is 0.294. The number of rotatable bonds is 3. The second kappa shape index (κ2) is 5.95. The lowest BCUT2D eigenvalue weighted by Crippen LogP contribution is -2.44. The van der Waals surface area contributed by atoms with Crippen LogP contribution >= 0.6 is 0 Å². The third-order valence-electron chi connectivity index (χ3n) is 4.69. The molecule has 4 aromatic heterocycles. The minimum Gasteiger partial charge on any atom is -0.377 e. The van der Waals surface area contributed by atoms with Crippen LogP contribution in [0.4, 0.5) is 5.82 Å². The quantitative estimate of drug-likeness (QED) is 0.584. The predicted octanol–water partition coefficient (Wildman–Crippen LogP) is 1.73. The minimum atomic E-state index is 0.256. The van der Waals surface area contributed by atoms with Gasteiger partial charge < -0.3 is 9.64 Å². The molecule has 0 radical (unpaired) electrons. The monoisotopic (exact) mass is 350 g/mol. The number of nitrogens with one attached hydrogen (secondary N) is 2. The van der Waals surface area contributed by atoms with E-state index in [1.165, 1.54) is 0 Å². The third kappa shape index (κ3) is 2.36. The topological polar surface area (TPSA) is 100 Å². The zero-order chi connectivity index (χ0) is 17.5. The first-order valence-corrected chi connectivity index (χ1v) is 8.54. The normalized spacial score (nSPS) is 17.9. The molecule has 9 heteroatoms. The van der Waals surface area contributed by atoms with Gasteiger partial charge in [0.25, 0.3) is 0 Å². The van der Waals surface area contributed by atoms with Gasteiger partial charge in [-0.3, -0.25) is 10.2 Å². The summed E-state index contributed by atoms with van der Waals surface area (Å²) in [6, 6.07) is 6.15. The Hall–Kier alpha value is -3.20. The Bertz CT molecular complexity index is 1020. The molecule has 5 heterocycles. The summed E-state index contributed by atoms with van der Waals surface area (Å²) in [6.45, 7) is 4.34. The van der Waals surface area contributed by atoms with Gasteiger partial charge in [0.15, 0.2) is 5.65 Å². The predicted molar refractivity (Wildman–Crippen MR) is 95.8 cm³/mol. The van der Waals surface area contributed by atoms with Crippen LogP contribution in [0.3, 0.4) is 0 Å². The van der Waals surface area contributed by atoms with E-state index in [9.17, 15) is 0 Å². The summed E-state index contributed by atoms with van der Waals surface area (Å²) in [7, 11) is 0. The summed E-state index contributed by atoms with van der Waals surface area (Å²) in [5.41, 5.74) is 4.36. The van der Waals surface area contributed by atoms with E-state index in [1.54, 1.807) is 12.4 Å². The first kappa shape index (κ1) is 15.1. The van der Waals surface area contributed by atoms with Crippen LogP contribution in [0.1, 0.15) is 6.92 Å². The van der Waals surface area contributed by atoms with Crippen LogP contribution in [0.15, 0.2) is 36.8 Å². The van der Waals surface area contributed by atoms with Crippen LogP contribution < -0.4 is 4.90 Å². The van der Waals surface area contributed by atoms with E-state index >= 15 is 0 Å². The van der Waals surface area contributed by atoms with Gasteiger partial charge in [-0.1, -0.05) is 0 Å². The first-order valence-electron chi connectivity index (χ1n) is 8.54. The van der Waals surface area contributed by atoms with Crippen molar-refractivity contribution in [2.45, 2.75) is 13.0 Å². The zero-order valence-electron chi connectivity index (χ0n) is 14.3. The van der Waals surface area contributed by atoms with Crippen molar-refractivity contribution >= 4 is 11.5 Å². The Morgan fingerprint density at radius 3 is 2.69 bits per heavy atom. The summed E-state index contributed by atoms with van der Waals surface area (Å²) in [6.07, 6.45) is 5.27. The molecule has 1 saturated heterocycles. The van der Waals surface area contributed by atoms with Crippen molar-refractivity contribution in [2.24, 2.45) is 0 Å². The van der Waals surface area contributed by atoms with Gasteiger partial charge in [0, 0.05) is 25.0 Å². The lowest BCUT2D eigenvalue weighted by atomic mass is 10.2. The summed E-state index contributed by atoms with van der Waals surface area (Å²) >= 11 is 0. The number of morpholine rings is 1. The lowest BCUT2D eigenvalue weighted by Gasteiger charge is -2.34. The minimum absolute atomic E-state index is 0.256. The highest BCUT2D eigenvalue weighted by Crippen LogP contribution is 2.29. The molecule has 1 aliphatic heterocycles. The summed E-state index contributed by atoms with van der Waals surface area (Å²) < 4.78 is 7.41. The second-order valence-corrected chi connectivity index (χ2v) is 6.35. The molecule has 5 rings (SSSR count). The molecule has 0 saturated carbocycles. The van der Waals surface area contributed by atoms with Gasteiger partial charge >= 0.3 is 0 Å². The van der Waals surface area contributed by atoms with Crippen LogP contribution in [0, 0.1) is 0 Å². The largest absolute Gasteiger partial charge is 0.377 e. The highest BCUT2D eigenvalue weighted by atomic mass is 16.5. The van der Waals surface area contributed by atoms with Crippen molar-refractivity contribution in [3.63, 3.8) is 0 Å². The molecule has 0 aliphatic carbocycles. The van der Waals surface area contributed by atoms with E-state index in [0.717, 1.165) is 40.7 Å². The Morgan fingerprint density at radius 2 is 1.96 bits per heavy atom. The molecule has 9 nitrogen and oxygen atoms in total. The molecule has 1 unspecified atom stereocenters. The van der Waals surface area contributed by atoms with Gasteiger partial charge in [-0.05, 0) is 19.1 Å². The Kier molecular flexibility index (Phi) is 3.45. The molecular formula is C17H18N8O. The van der Waals surface area contributed by atoms with Crippen molar-refractivity contribution in [2.75, 3.05) is 24.7 Å². The van der Waals surface area contributed by atoms with Crippen molar-refractivity contribution in [3.05, 3.63) is 36.8 Å². The van der Waals surface area contributed by atoms with E-state index in [-0.39, 0.29) is 6.04 Å². The molecule has 132 valence electrons. The van der Waals surface area contributed by atoms with E-state index in [1.807, 2.05) is 28.9 Å². The summed E-state index contributed by atoms with van der Waals surface area (Å²) in [5.74, 6) is 0.902. The number of aromatic amines is 2. The standard InChI is InChI=1S/C17H18N8O/c1-11-10-26-7-6-24(11)16-8-15(14-3-5-19-23-14)25-17(21-16)12(9-20-25)13-2-4-18-22-13/h2-5,8-9,11H,6-7,10H2,1H3,(H,18,22)(H,19,23). The third-order valence-corrected chi connectivity index (χ3v) is 4.69. The average molecular weight is 350 g/mol. The highest BCUT2D eigenvalue weighted by molar-refractivity contribution is 5.78. The van der Waals surface area contributed by atoms with E-state index in [4.69, 9.17) is 9.72 Å². The number of nitrogens with zero attached hydrogens (tertiary/aromatic N) is 6. The number of hydrogen-bond donors (Lipinski definition) is 2. The van der Waals surface area contributed by atoms with Gasteiger partial charge in [-0.15, -0.1) is 0 Å². The Labute approximate surface area is 149 Å². The lowest BCUT2D eigenvalue weighted by molar-refractivity contribution is 0.0985. The van der Waals surface area contributed by atoms with E-state index < -0.39 is 0 Å². The Morgan fingerprint density at radius 1 is 1.15 bits per heavy atom. The summed E-state index contributed by atoms with van der Waals surface area (Å²) in [5, 5.41) is 18.7. The van der Waals surface area contributed by atoms with Gasteiger partial charge in [-0.2, -0.15) is 15.3 Å². The van der Waals surface area contributed by atoms with Crippen LogP contribution in [-0.2, 0) is 4.74 Å². The molecule has 1 fully saturated rings. The SMILES string of the molecule is CC1COCCN1c1cc(-c2ccn[nH]2)n2ncc(-c3ccn[nH]3)c2n1. The van der Waals surface area contributed by atoms with Crippen molar-refractivity contribution < 1.29 is 4.74 Å². The number of ether oxygens (including phenoxy) is 1. The fourth-order valence-electron chi connectivity index (χ4n) is 3.35. The molecule has 26 heavy (non-hydrogen) atoms. The van der Waals surface area contributed by atoms with Gasteiger partial charge in [0.1, 0.15) is 5.82 Å². The summed E-state index contributed by atoms with van der Waals surface area (Å²) in [4.78, 5) is 7.20. The Balaban J connectivity index is 1.74. The maximum Gasteiger partial charge on any atom is 0.167 e. The van der Waals surface area contributed by atoms with Crippen LogP contribution in [0.25, 0.3) is 28.3 Å². The van der Waals surface area contributed by atoms with Crippen LogP contribution in [-0.4, -0.2) is 60.8 Å². The molecule has 1 atom stereocenters. The molecule has 1 aliphatic rings. The van der Waals surface area contributed by atoms with Gasteiger partial charge in [0.2, 0.25) is 0 Å². The second-order valence-electron chi connectivity index (χ2n) is 6.35. The fourth-order valence-corrected chi connectivity index (χ4v) is 3.35. The van der Waals surface area contributed by atoms with Crippen molar-refractivity contribution in [1.82, 2.24) is 35.0 Å². The number of fused-ring (bicyclic) bond motifs is 1. The average Bonchev–Trinajstić information content (AvgIpc) is 3.41. The number of H-pyrrole nitrogens is 2. The molecule has 0 amide bonds. The van der Waals surface area contributed by atoms with Gasteiger partial charge in [0.05, 0.1) is 48.1 Å². The molecule has 4 aromatic rings. The number of anilines is 1. The van der Waals surface area contributed by atoms with Crippen molar-refractivity contribution in [3.8, 4) is 22.6 Å². The molecule has 0 spiro atoms. The van der Waals surface area contributed by atoms with E-state index in [2.05, 4.69) is 37.3 Å².